The lowest BCUT2D eigenvalue weighted by atomic mass is 10.2. The molecule has 2 aromatic carbocycles. The standard InChI is InChI=1S/C14H9F4N3/c15-9-4-5-11-12(7-9)21(13(19)20-11)10-3-1-2-8(6-10)14(16,17)18/h1-7H,(H2,19,20). The Hall–Kier alpha value is -2.57. The summed E-state index contributed by atoms with van der Waals surface area (Å²) in [5.41, 5.74) is 5.83. The number of halogens is 4. The zero-order chi connectivity index (χ0) is 15.2. The van der Waals surface area contributed by atoms with E-state index < -0.39 is 17.6 Å². The monoisotopic (exact) mass is 295 g/mol. The first-order valence-corrected chi connectivity index (χ1v) is 5.97. The van der Waals surface area contributed by atoms with E-state index in [1.165, 1.54) is 34.9 Å². The van der Waals surface area contributed by atoms with Gasteiger partial charge < -0.3 is 5.73 Å². The molecule has 3 aromatic rings. The van der Waals surface area contributed by atoms with E-state index in [2.05, 4.69) is 4.98 Å². The summed E-state index contributed by atoms with van der Waals surface area (Å²) in [6.07, 6.45) is -4.47. The number of alkyl halides is 3. The van der Waals surface area contributed by atoms with Gasteiger partial charge in [-0.15, -0.1) is 0 Å². The average Bonchev–Trinajstić information content (AvgIpc) is 2.73. The summed E-state index contributed by atoms with van der Waals surface area (Å²) >= 11 is 0. The van der Waals surface area contributed by atoms with Gasteiger partial charge in [0.05, 0.1) is 16.6 Å². The number of hydrogen-bond acceptors (Lipinski definition) is 2. The molecule has 1 heterocycles. The fourth-order valence-electron chi connectivity index (χ4n) is 2.16. The maximum absolute atomic E-state index is 13.3. The van der Waals surface area contributed by atoms with E-state index in [-0.39, 0.29) is 11.6 Å². The van der Waals surface area contributed by atoms with Crippen molar-refractivity contribution < 1.29 is 17.6 Å². The summed E-state index contributed by atoms with van der Waals surface area (Å²) in [5.74, 6) is -0.523. The number of anilines is 1. The second-order valence-corrected chi connectivity index (χ2v) is 4.49. The highest BCUT2D eigenvalue weighted by atomic mass is 19.4. The number of nitrogens with two attached hydrogens (primary N) is 1. The predicted octanol–water partition coefficient (Wildman–Crippen LogP) is 3.77. The fourth-order valence-corrected chi connectivity index (χ4v) is 2.16. The molecule has 3 nitrogen and oxygen atoms in total. The molecule has 0 radical (unpaired) electrons. The first-order valence-electron chi connectivity index (χ1n) is 5.97. The van der Waals surface area contributed by atoms with Gasteiger partial charge in [-0.3, -0.25) is 4.57 Å². The Labute approximate surface area is 116 Å². The zero-order valence-corrected chi connectivity index (χ0v) is 10.5. The Balaban J connectivity index is 2.25. The van der Waals surface area contributed by atoms with Crippen molar-refractivity contribution in [3.05, 3.63) is 53.8 Å². The van der Waals surface area contributed by atoms with Crippen LogP contribution in [0.15, 0.2) is 42.5 Å². The van der Waals surface area contributed by atoms with Gasteiger partial charge in [-0.2, -0.15) is 13.2 Å². The minimum absolute atomic E-state index is 0.00470. The molecule has 0 unspecified atom stereocenters. The van der Waals surface area contributed by atoms with Gasteiger partial charge in [-0.1, -0.05) is 6.07 Å². The van der Waals surface area contributed by atoms with E-state index in [4.69, 9.17) is 5.73 Å². The number of aromatic nitrogens is 2. The molecule has 0 aliphatic rings. The Kier molecular flexibility index (Phi) is 2.86. The second kappa shape index (κ2) is 4.47. The molecule has 0 amide bonds. The number of rotatable bonds is 1. The summed E-state index contributed by atoms with van der Waals surface area (Å²) in [6, 6.07) is 8.44. The van der Waals surface area contributed by atoms with Crippen molar-refractivity contribution in [3.63, 3.8) is 0 Å². The molecule has 0 bridgehead atoms. The van der Waals surface area contributed by atoms with Crippen LogP contribution in [0, 0.1) is 5.82 Å². The maximum Gasteiger partial charge on any atom is 0.416 e. The SMILES string of the molecule is Nc1nc2ccc(F)cc2n1-c1cccc(C(F)(F)F)c1. The molecule has 21 heavy (non-hydrogen) atoms. The third-order valence-electron chi connectivity index (χ3n) is 3.07. The Morgan fingerprint density at radius 2 is 1.81 bits per heavy atom. The Morgan fingerprint density at radius 1 is 1.05 bits per heavy atom. The summed E-state index contributed by atoms with van der Waals surface area (Å²) in [5, 5.41) is 0. The van der Waals surface area contributed by atoms with Crippen LogP contribution in [-0.4, -0.2) is 9.55 Å². The predicted molar refractivity (Wildman–Crippen MR) is 70.4 cm³/mol. The zero-order valence-electron chi connectivity index (χ0n) is 10.5. The van der Waals surface area contributed by atoms with Crippen LogP contribution >= 0.6 is 0 Å². The number of nitrogens with zero attached hydrogens (tertiary/aromatic N) is 2. The van der Waals surface area contributed by atoms with Crippen LogP contribution < -0.4 is 5.73 Å². The first kappa shape index (κ1) is 13.4. The lowest BCUT2D eigenvalue weighted by Crippen LogP contribution is -2.07. The summed E-state index contributed by atoms with van der Waals surface area (Å²) in [4.78, 5) is 4.02. The van der Waals surface area contributed by atoms with Crippen LogP contribution in [-0.2, 0) is 6.18 Å². The number of benzene rings is 2. The van der Waals surface area contributed by atoms with Crippen molar-refractivity contribution >= 4 is 17.0 Å². The van der Waals surface area contributed by atoms with Gasteiger partial charge in [0.25, 0.3) is 0 Å². The molecule has 0 spiro atoms. The fraction of sp³-hybridized carbons (Fsp3) is 0.0714. The van der Waals surface area contributed by atoms with E-state index in [0.717, 1.165) is 12.1 Å². The molecule has 3 rings (SSSR count). The van der Waals surface area contributed by atoms with Crippen molar-refractivity contribution in [1.82, 2.24) is 9.55 Å². The molecule has 0 saturated carbocycles. The van der Waals surface area contributed by atoms with Gasteiger partial charge >= 0.3 is 6.18 Å². The van der Waals surface area contributed by atoms with E-state index in [0.29, 0.717) is 11.0 Å². The molecule has 0 aliphatic heterocycles. The van der Waals surface area contributed by atoms with E-state index in [1.54, 1.807) is 0 Å². The quantitative estimate of drug-likeness (QED) is 0.695. The van der Waals surface area contributed by atoms with Crippen molar-refractivity contribution in [3.8, 4) is 5.69 Å². The van der Waals surface area contributed by atoms with E-state index in [1.807, 2.05) is 0 Å². The first-order chi connectivity index (χ1) is 9.86. The highest BCUT2D eigenvalue weighted by Gasteiger charge is 2.30. The molecule has 0 aliphatic carbocycles. The molecule has 2 N–H and O–H groups in total. The molecular weight excluding hydrogens is 286 g/mol. The van der Waals surface area contributed by atoms with Crippen molar-refractivity contribution in [2.45, 2.75) is 6.18 Å². The van der Waals surface area contributed by atoms with Crippen LogP contribution in [0.5, 0.6) is 0 Å². The smallest absolute Gasteiger partial charge is 0.369 e. The van der Waals surface area contributed by atoms with E-state index >= 15 is 0 Å². The third kappa shape index (κ3) is 2.31. The molecule has 108 valence electrons. The van der Waals surface area contributed by atoms with Crippen LogP contribution in [0.2, 0.25) is 0 Å². The topological polar surface area (TPSA) is 43.8 Å². The Morgan fingerprint density at radius 3 is 2.52 bits per heavy atom. The summed E-state index contributed by atoms with van der Waals surface area (Å²) in [6.45, 7) is 0. The number of fused-ring (bicyclic) bond motifs is 1. The van der Waals surface area contributed by atoms with Crippen molar-refractivity contribution in [2.75, 3.05) is 5.73 Å². The molecular formula is C14H9F4N3. The van der Waals surface area contributed by atoms with Crippen LogP contribution in [0.25, 0.3) is 16.7 Å². The van der Waals surface area contributed by atoms with Crippen molar-refractivity contribution in [2.24, 2.45) is 0 Å². The van der Waals surface area contributed by atoms with Gasteiger partial charge in [0.1, 0.15) is 5.82 Å². The molecule has 1 aromatic heterocycles. The lowest BCUT2D eigenvalue weighted by molar-refractivity contribution is -0.137. The minimum atomic E-state index is -4.47. The minimum Gasteiger partial charge on any atom is -0.369 e. The van der Waals surface area contributed by atoms with Gasteiger partial charge in [-0.05, 0) is 30.3 Å². The highest BCUT2D eigenvalue weighted by molar-refractivity contribution is 5.80. The maximum atomic E-state index is 13.3. The second-order valence-electron chi connectivity index (χ2n) is 4.49. The van der Waals surface area contributed by atoms with Crippen LogP contribution in [0.3, 0.4) is 0 Å². The van der Waals surface area contributed by atoms with Gasteiger partial charge in [0.15, 0.2) is 0 Å². The number of nitrogen functional groups attached to an aromatic ring is 1. The van der Waals surface area contributed by atoms with Crippen LogP contribution in [0.1, 0.15) is 5.56 Å². The van der Waals surface area contributed by atoms with Gasteiger partial charge in [0, 0.05) is 11.8 Å². The van der Waals surface area contributed by atoms with Gasteiger partial charge in [0.2, 0.25) is 5.95 Å². The average molecular weight is 295 g/mol. The largest absolute Gasteiger partial charge is 0.416 e. The van der Waals surface area contributed by atoms with Crippen LogP contribution in [0.4, 0.5) is 23.5 Å². The number of hydrogen-bond donors (Lipinski definition) is 1. The summed E-state index contributed by atoms with van der Waals surface area (Å²) in [7, 11) is 0. The third-order valence-corrected chi connectivity index (χ3v) is 3.07. The lowest BCUT2D eigenvalue weighted by Gasteiger charge is -2.11. The molecule has 0 fully saturated rings. The Bertz CT molecular complexity index is 821. The van der Waals surface area contributed by atoms with Crippen molar-refractivity contribution in [1.29, 1.82) is 0 Å². The normalized spacial score (nSPS) is 12.0. The molecule has 7 heteroatoms. The molecule has 0 saturated heterocycles. The molecule has 0 atom stereocenters. The highest BCUT2D eigenvalue weighted by Crippen LogP contribution is 2.32. The van der Waals surface area contributed by atoms with E-state index in [9.17, 15) is 17.6 Å². The summed E-state index contributed by atoms with van der Waals surface area (Å²) < 4.78 is 52.9. The number of imidazole rings is 1. The van der Waals surface area contributed by atoms with Gasteiger partial charge in [-0.25, -0.2) is 9.37 Å².